The quantitative estimate of drug-likeness (QED) is 0.814. The summed E-state index contributed by atoms with van der Waals surface area (Å²) in [4.78, 5) is 3.14. The number of rotatable bonds is 3. The van der Waals surface area contributed by atoms with Crippen LogP contribution in [-0.4, -0.2) is 13.4 Å². The minimum absolute atomic E-state index is 0.0669. The van der Waals surface area contributed by atoms with Gasteiger partial charge < -0.3 is 0 Å². The van der Waals surface area contributed by atoms with E-state index in [0.717, 1.165) is 12.1 Å². The molecule has 1 heterocycles. The first-order chi connectivity index (χ1) is 9.42. The molecule has 1 aromatic heterocycles. The predicted octanol–water partition coefficient (Wildman–Crippen LogP) is 2.21. The molecule has 0 saturated heterocycles. The molecule has 0 amide bonds. The SMILES string of the molecule is N#Cc1cc(CS(=O)(=O)c2ccc(F)cc2F)ccn1. The molecular formula is C13H8F2N2O2S. The fourth-order valence-electron chi connectivity index (χ4n) is 1.65. The first kappa shape index (κ1) is 14.1. The van der Waals surface area contributed by atoms with Crippen molar-refractivity contribution in [2.24, 2.45) is 0 Å². The highest BCUT2D eigenvalue weighted by molar-refractivity contribution is 7.90. The average Bonchev–Trinajstić information content (AvgIpc) is 2.37. The third-order valence-corrected chi connectivity index (χ3v) is 4.24. The smallest absolute Gasteiger partial charge is 0.185 e. The van der Waals surface area contributed by atoms with E-state index >= 15 is 0 Å². The molecule has 0 aliphatic rings. The number of hydrogen-bond acceptors (Lipinski definition) is 4. The van der Waals surface area contributed by atoms with E-state index in [1.165, 1.54) is 18.3 Å². The molecule has 0 N–H and O–H groups in total. The van der Waals surface area contributed by atoms with E-state index in [9.17, 15) is 17.2 Å². The number of aromatic nitrogens is 1. The van der Waals surface area contributed by atoms with E-state index in [1.54, 1.807) is 6.07 Å². The standard InChI is InChI=1S/C13H8F2N2O2S/c14-10-1-2-13(12(15)6-10)20(18,19)8-9-3-4-17-11(5-9)7-16/h1-6H,8H2. The van der Waals surface area contributed by atoms with Gasteiger partial charge in [0, 0.05) is 12.3 Å². The van der Waals surface area contributed by atoms with Crippen LogP contribution in [0.2, 0.25) is 0 Å². The average molecular weight is 294 g/mol. The van der Waals surface area contributed by atoms with E-state index in [-0.39, 0.29) is 5.69 Å². The maximum atomic E-state index is 13.5. The van der Waals surface area contributed by atoms with Gasteiger partial charge in [-0.25, -0.2) is 22.2 Å². The minimum atomic E-state index is -3.96. The normalized spacial score (nSPS) is 11.1. The van der Waals surface area contributed by atoms with E-state index in [2.05, 4.69) is 4.98 Å². The first-order valence-corrected chi connectivity index (χ1v) is 7.10. The van der Waals surface area contributed by atoms with Gasteiger partial charge in [-0.1, -0.05) is 0 Å². The second kappa shape index (κ2) is 5.35. The number of nitriles is 1. The molecule has 0 saturated carbocycles. The summed E-state index contributed by atoms with van der Waals surface area (Å²) in [7, 11) is -3.96. The van der Waals surface area contributed by atoms with Crippen molar-refractivity contribution in [1.29, 1.82) is 5.26 Å². The fourth-order valence-corrected chi connectivity index (χ4v) is 3.06. The molecule has 0 aliphatic heterocycles. The Balaban J connectivity index is 2.38. The number of hydrogen-bond donors (Lipinski definition) is 0. The maximum Gasteiger partial charge on any atom is 0.185 e. The van der Waals surface area contributed by atoms with Crippen molar-refractivity contribution in [1.82, 2.24) is 4.98 Å². The van der Waals surface area contributed by atoms with E-state index in [1.807, 2.05) is 0 Å². The molecule has 2 aromatic rings. The Morgan fingerprint density at radius 3 is 2.60 bits per heavy atom. The Morgan fingerprint density at radius 2 is 1.95 bits per heavy atom. The molecule has 0 spiro atoms. The summed E-state index contributed by atoms with van der Waals surface area (Å²) < 4.78 is 50.4. The van der Waals surface area contributed by atoms with Crippen LogP contribution in [-0.2, 0) is 15.6 Å². The monoisotopic (exact) mass is 294 g/mol. The lowest BCUT2D eigenvalue weighted by Crippen LogP contribution is -2.08. The molecular weight excluding hydrogens is 286 g/mol. The summed E-state index contributed by atoms with van der Waals surface area (Å²) in [5.74, 6) is -2.48. The summed E-state index contributed by atoms with van der Waals surface area (Å²) in [6.07, 6.45) is 1.30. The summed E-state index contributed by atoms with van der Waals surface area (Å²) in [6, 6.07) is 6.78. The van der Waals surface area contributed by atoms with Crippen LogP contribution in [0.25, 0.3) is 0 Å². The van der Waals surface area contributed by atoms with Gasteiger partial charge in [-0.05, 0) is 29.8 Å². The Kier molecular flexibility index (Phi) is 3.77. The van der Waals surface area contributed by atoms with Crippen LogP contribution in [0.5, 0.6) is 0 Å². The predicted molar refractivity (Wildman–Crippen MR) is 66.2 cm³/mol. The largest absolute Gasteiger partial charge is 0.246 e. The number of nitrogens with zero attached hydrogens (tertiary/aromatic N) is 2. The lowest BCUT2D eigenvalue weighted by molar-refractivity contribution is 0.549. The van der Waals surface area contributed by atoms with Crippen molar-refractivity contribution in [2.75, 3.05) is 0 Å². The second-order valence-electron chi connectivity index (χ2n) is 3.99. The highest BCUT2D eigenvalue weighted by atomic mass is 32.2. The molecule has 1 aromatic carbocycles. The van der Waals surface area contributed by atoms with Crippen LogP contribution >= 0.6 is 0 Å². The molecule has 0 atom stereocenters. The van der Waals surface area contributed by atoms with Crippen LogP contribution < -0.4 is 0 Å². The lowest BCUT2D eigenvalue weighted by atomic mass is 10.2. The van der Waals surface area contributed by atoms with Gasteiger partial charge in [0.05, 0.1) is 5.75 Å². The van der Waals surface area contributed by atoms with Gasteiger partial charge in [0.1, 0.15) is 28.3 Å². The van der Waals surface area contributed by atoms with Gasteiger partial charge in [-0.15, -0.1) is 0 Å². The highest BCUT2D eigenvalue weighted by Gasteiger charge is 2.20. The van der Waals surface area contributed by atoms with Crippen LogP contribution in [0.15, 0.2) is 41.4 Å². The number of halogens is 2. The van der Waals surface area contributed by atoms with Crippen LogP contribution in [0.1, 0.15) is 11.3 Å². The molecule has 20 heavy (non-hydrogen) atoms. The van der Waals surface area contributed by atoms with Crippen molar-refractivity contribution >= 4 is 9.84 Å². The molecule has 0 fully saturated rings. The van der Waals surface area contributed by atoms with Crippen molar-refractivity contribution < 1.29 is 17.2 Å². The maximum absolute atomic E-state index is 13.5. The third kappa shape index (κ3) is 2.97. The van der Waals surface area contributed by atoms with E-state index in [4.69, 9.17) is 5.26 Å². The van der Waals surface area contributed by atoms with Crippen molar-refractivity contribution in [3.05, 3.63) is 59.4 Å². The molecule has 0 bridgehead atoms. The second-order valence-corrected chi connectivity index (χ2v) is 5.95. The Hall–Kier alpha value is -2.33. The number of benzene rings is 1. The summed E-state index contributed by atoms with van der Waals surface area (Å²) in [5, 5.41) is 8.69. The minimum Gasteiger partial charge on any atom is -0.246 e. The molecule has 0 radical (unpaired) electrons. The van der Waals surface area contributed by atoms with Crippen molar-refractivity contribution in [3.63, 3.8) is 0 Å². The van der Waals surface area contributed by atoms with Gasteiger partial charge in [0.15, 0.2) is 9.84 Å². The van der Waals surface area contributed by atoms with Crippen LogP contribution in [0.3, 0.4) is 0 Å². The molecule has 7 heteroatoms. The first-order valence-electron chi connectivity index (χ1n) is 5.45. The zero-order valence-corrected chi connectivity index (χ0v) is 10.9. The van der Waals surface area contributed by atoms with Crippen LogP contribution in [0.4, 0.5) is 8.78 Å². The van der Waals surface area contributed by atoms with Crippen molar-refractivity contribution in [3.8, 4) is 6.07 Å². The lowest BCUT2D eigenvalue weighted by Gasteiger charge is -2.06. The summed E-state index contributed by atoms with van der Waals surface area (Å²) in [6.45, 7) is 0. The zero-order chi connectivity index (χ0) is 14.8. The van der Waals surface area contributed by atoms with Gasteiger partial charge in [0.2, 0.25) is 0 Å². The van der Waals surface area contributed by atoms with Gasteiger partial charge in [-0.3, -0.25) is 0 Å². The molecule has 0 aliphatic carbocycles. The third-order valence-electron chi connectivity index (χ3n) is 2.52. The molecule has 4 nitrogen and oxygen atoms in total. The summed E-state index contributed by atoms with van der Waals surface area (Å²) in [5.41, 5.74) is 0.373. The van der Waals surface area contributed by atoms with E-state index in [0.29, 0.717) is 11.6 Å². The van der Waals surface area contributed by atoms with Gasteiger partial charge >= 0.3 is 0 Å². The number of sulfone groups is 1. The Bertz CT molecular complexity index is 798. The van der Waals surface area contributed by atoms with E-state index < -0.39 is 32.1 Å². The number of pyridine rings is 1. The highest BCUT2D eigenvalue weighted by Crippen LogP contribution is 2.20. The Labute approximate surface area is 114 Å². The molecule has 0 unspecified atom stereocenters. The topological polar surface area (TPSA) is 70.8 Å². The van der Waals surface area contributed by atoms with Crippen LogP contribution in [0, 0.1) is 23.0 Å². The molecule has 2 rings (SSSR count). The summed E-state index contributed by atoms with van der Waals surface area (Å²) >= 11 is 0. The van der Waals surface area contributed by atoms with Gasteiger partial charge in [0.25, 0.3) is 0 Å². The fraction of sp³-hybridized carbons (Fsp3) is 0.0769. The van der Waals surface area contributed by atoms with Gasteiger partial charge in [-0.2, -0.15) is 5.26 Å². The Morgan fingerprint density at radius 1 is 1.20 bits per heavy atom. The zero-order valence-electron chi connectivity index (χ0n) is 10.0. The molecule has 102 valence electrons. The van der Waals surface area contributed by atoms with Crippen molar-refractivity contribution in [2.45, 2.75) is 10.6 Å².